The van der Waals surface area contributed by atoms with E-state index in [-0.39, 0.29) is 17.8 Å². The zero-order chi connectivity index (χ0) is 26.5. The smallest absolute Gasteiger partial charge is 0.251 e. The Morgan fingerprint density at radius 2 is 1.87 bits per heavy atom. The molecule has 38 heavy (non-hydrogen) atoms. The monoisotopic (exact) mass is 534 g/mol. The molecular weight excluding hydrogens is 495 g/mol. The minimum Gasteiger partial charge on any atom is -0.375 e. The normalized spacial score (nSPS) is 21.3. The molecule has 1 fully saturated rings. The molecule has 3 aromatic rings. The lowest BCUT2D eigenvalue weighted by atomic mass is 9.83. The van der Waals surface area contributed by atoms with Gasteiger partial charge < -0.3 is 16.0 Å². The largest absolute Gasteiger partial charge is 0.375 e. The summed E-state index contributed by atoms with van der Waals surface area (Å²) in [6.07, 6.45) is 10.1. The molecule has 0 radical (unpaired) electrons. The molecule has 0 spiro atoms. The van der Waals surface area contributed by atoms with Gasteiger partial charge in [0.1, 0.15) is 5.82 Å². The highest BCUT2D eigenvalue weighted by Gasteiger charge is 2.28. The second-order valence-corrected chi connectivity index (χ2v) is 12.0. The Morgan fingerprint density at radius 1 is 1.08 bits per heavy atom. The van der Waals surface area contributed by atoms with Crippen LogP contribution in [0.1, 0.15) is 72.8 Å². The predicted molar refractivity (Wildman–Crippen MR) is 154 cm³/mol. The van der Waals surface area contributed by atoms with Gasteiger partial charge in [-0.05, 0) is 112 Å². The number of amides is 1. The Balaban J connectivity index is 1.07. The number of nitrogens with zero attached hydrogens (tertiary/aromatic N) is 2. The van der Waals surface area contributed by atoms with Gasteiger partial charge in [0.15, 0.2) is 5.13 Å². The molecule has 1 aromatic heterocycles. The predicted octanol–water partition coefficient (Wildman–Crippen LogP) is 6.48. The van der Waals surface area contributed by atoms with Crippen LogP contribution in [0, 0.1) is 11.7 Å². The van der Waals surface area contributed by atoms with Crippen molar-refractivity contribution in [3.8, 4) is 11.1 Å². The quantitative estimate of drug-likeness (QED) is 0.330. The highest BCUT2D eigenvalue weighted by molar-refractivity contribution is 7.15. The van der Waals surface area contributed by atoms with Crippen LogP contribution in [0.2, 0.25) is 0 Å². The summed E-state index contributed by atoms with van der Waals surface area (Å²) in [5, 5.41) is 3.96. The van der Waals surface area contributed by atoms with Gasteiger partial charge in [0.25, 0.3) is 5.91 Å². The third-order valence-corrected chi connectivity index (χ3v) is 9.22. The number of hydrogen-bond acceptors (Lipinski definition) is 5. The van der Waals surface area contributed by atoms with Crippen molar-refractivity contribution >= 4 is 22.4 Å². The Morgan fingerprint density at radius 3 is 2.61 bits per heavy atom. The maximum Gasteiger partial charge on any atom is 0.251 e. The van der Waals surface area contributed by atoms with E-state index in [1.54, 1.807) is 17.4 Å². The number of aromatic nitrogens is 1. The number of carbonyl (C=O) groups excluding carboxylic acids is 1. The number of aryl methyl sites for hydroxylation is 1. The number of nitrogens with one attached hydrogen (secondary N) is 1. The minimum absolute atomic E-state index is 0.0197. The summed E-state index contributed by atoms with van der Waals surface area (Å²) >= 11 is 1.67. The van der Waals surface area contributed by atoms with Crippen molar-refractivity contribution < 1.29 is 9.18 Å². The molecular formula is C31H39FN4OS. The van der Waals surface area contributed by atoms with Gasteiger partial charge in [-0.15, -0.1) is 11.3 Å². The van der Waals surface area contributed by atoms with Crippen molar-refractivity contribution in [1.29, 1.82) is 0 Å². The van der Waals surface area contributed by atoms with E-state index in [0.717, 1.165) is 55.8 Å². The lowest BCUT2D eigenvalue weighted by molar-refractivity contribution is 0.0918. The zero-order valence-electron chi connectivity index (χ0n) is 22.3. The van der Waals surface area contributed by atoms with Crippen molar-refractivity contribution in [3.63, 3.8) is 0 Å². The van der Waals surface area contributed by atoms with Crippen LogP contribution in [0.3, 0.4) is 0 Å². The molecule has 3 N–H and O–H groups in total. The SMILES string of the molecule is CCCN(CCC1CCC(NC(=O)c2ccc(-c3cccc(F)c3)cc2)CC1)[C@H]1CCc2nc(N)sc2C1. The van der Waals surface area contributed by atoms with Crippen molar-refractivity contribution in [3.05, 3.63) is 70.5 Å². The second-order valence-electron chi connectivity index (χ2n) is 10.9. The van der Waals surface area contributed by atoms with E-state index in [0.29, 0.717) is 16.7 Å². The van der Waals surface area contributed by atoms with E-state index >= 15 is 0 Å². The fourth-order valence-electron chi connectivity index (χ4n) is 6.15. The molecule has 7 heteroatoms. The third kappa shape index (κ3) is 6.62. The summed E-state index contributed by atoms with van der Waals surface area (Å²) in [5.41, 5.74) is 9.56. The first-order valence-electron chi connectivity index (χ1n) is 14.1. The molecule has 0 aliphatic heterocycles. The van der Waals surface area contributed by atoms with Gasteiger partial charge in [0, 0.05) is 22.5 Å². The Bertz CT molecular complexity index is 1220. The van der Waals surface area contributed by atoms with Crippen molar-refractivity contribution in [2.24, 2.45) is 5.92 Å². The van der Waals surface area contributed by atoms with Crippen molar-refractivity contribution in [2.45, 2.75) is 76.8 Å². The molecule has 1 atom stereocenters. The number of nitrogens with two attached hydrogens (primary N) is 1. The first-order valence-corrected chi connectivity index (χ1v) is 14.9. The molecule has 0 unspecified atom stereocenters. The van der Waals surface area contributed by atoms with E-state index in [1.807, 2.05) is 30.3 Å². The van der Waals surface area contributed by atoms with Gasteiger partial charge in [0.05, 0.1) is 5.69 Å². The molecule has 1 saturated carbocycles. The number of rotatable bonds is 9. The molecule has 0 bridgehead atoms. The van der Waals surface area contributed by atoms with Gasteiger partial charge in [-0.1, -0.05) is 31.2 Å². The number of carbonyl (C=O) groups is 1. The molecule has 5 rings (SSSR count). The van der Waals surface area contributed by atoms with E-state index in [1.165, 1.54) is 54.8 Å². The fourth-order valence-corrected chi connectivity index (χ4v) is 7.10. The lowest BCUT2D eigenvalue weighted by Crippen LogP contribution is -2.41. The van der Waals surface area contributed by atoms with Crippen molar-refractivity contribution in [2.75, 3.05) is 18.8 Å². The average Bonchev–Trinajstić information content (AvgIpc) is 3.31. The fraction of sp³-hybridized carbons (Fsp3) is 0.484. The van der Waals surface area contributed by atoms with Crippen LogP contribution in [-0.2, 0) is 12.8 Å². The summed E-state index contributed by atoms with van der Waals surface area (Å²) in [6, 6.07) is 14.8. The highest BCUT2D eigenvalue weighted by Crippen LogP contribution is 2.32. The van der Waals surface area contributed by atoms with Gasteiger partial charge in [-0.25, -0.2) is 9.37 Å². The van der Waals surface area contributed by atoms with Crippen LogP contribution in [0.4, 0.5) is 9.52 Å². The standard InChI is InChI=1S/C31H39FN4OS/c1-2-17-36(27-14-15-28-29(20-27)38-31(33)35-28)18-16-21-6-12-26(13-7-21)34-30(37)23-10-8-22(9-11-23)24-4-3-5-25(32)19-24/h3-5,8-11,19,21,26-27H,2,6-7,12-18,20H2,1H3,(H2,33,35)(H,34,37)/t21?,26?,27-/m0/s1. The van der Waals surface area contributed by atoms with Gasteiger partial charge in [-0.3, -0.25) is 4.79 Å². The van der Waals surface area contributed by atoms with Crippen LogP contribution >= 0.6 is 11.3 Å². The Kier molecular flexibility index (Phi) is 8.75. The van der Waals surface area contributed by atoms with Gasteiger partial charge in [-0.2, -0.15) is 0 Å². The Hall–Kier alpha value is -2.77. The summed E-state index contributed by atoms with van der Waals surface area (Å²) in [4.78, 5) is 21.5. The van der Waals surface area contributed by atoms with Crippen LogP contribution in [0.15, 0.2) is 48.5 Å². The average molecular weight is 535 g/mol. The number of anilines is 1. The van der Waals surface area contributed by atoms with E-state index in [9.17, 15) is 9.18 Å². The first kappa shape index (κ1) is 26.8. The van der Waals surface area contributed by atoms with Crippen LogP contribution in [-0.4, -0.2) is 41.0 Å². The highest BCUT2D eigenvalue weighted by atomic mass is 32.1. The summed E-state index contributed by atoms with van der Waals surface area (Å²) < 4.78 is 13.5. The molecule has 1 heterocycles. The van der Waals surface area contributed by atoms with Crippen LogP contribution < -0.4 is 11.1 Å². The maximum absolute atomic E-state index is 13.5. The molecule has 1 amide bonds. The number of hydrogen-bond donors (Lipinski definition) is 2. The molecule has 5 nitrogen and oxygen atoms in total. The topological polar surface area (TPSA) is 71.2 Å². The lowest BCUT2D eigenvalue weighted by Gasteiger charge is -2.36. The molecule has 2 aliphatic carbocycles. The number of halogens is 1. The van der Waals surface area contributed by atoms with Gasteiger partial charge in [0.2, 0.25) is 0 Å². The summed E-state index contributed by atoms with van der Waals surface area (Å²) in [6.45, 7) is 4.58. The van der Waals surface area contributed by atoms with Crippen LogP contribution in [0.5, 0.6) is 0 Å². The molecule has 2 aromatic carbocycles. The molecule has 2 aliphatic rings. The summed E-state index contributed by atoms with van der Waals surface area (Å²) in [5.74, 6) is 0.451. The van der Waals surface area contributed by atoms with Crippen LogP contribution in [0.25, 0.3) is 11.1 Å². The van der Waals surface area contributed by atoms with E-state index < -0.39 is 0 Å². The molecule has 0 saturated heterocycles. The third-order valence-electron chi connectivity index (χ3n) is 8.27. The Labute approximate surface area is 229 Å². The van der Waals surface area contributed by atoms with Gasteiger partial charge >= 0.3 is 0 Å². The number of thiazole rings is 1. The summed E-state index contributed by atoms with van der Waals surface area (Å²) in [7, 11) is 0. The zero-order valence-corrected chi connectivity index (χ0v) is 23.1. The molecule has 202 valence electrons. The maximum atomic E-state index is 13.5. The first-order chi connectivity index (χ1) is 18.5. The number of nitrogen functional groups attached to an aromatic ring is 1. The second kappa shape index (κ2) is 12.4. The van der Waals surface area contributed by atoms with E-state index in [4.69, 9.17) is 5.73 Å². The van der Waals surface area contributed by atoms with E-state index in [2.05, 4.69) is 22.1 Å². The number of fused-ring (bicyclic) bond motifs is 1. The van der Waals surface area contributed by atoms with Crippen molar-refractivity contribution in [1.82, 2.24) is 15.2 Å². The number of benzene rings is 2. The minimum atomic E-state index is -0.257.